The molecule has 15 heavy (non-hydrogen) atoms. The van der Waals surface area contributed by atoms with Crippen LogP contribution in [-0.4, -0.2) is 50.3 Å². The Bertz CT molecular complexity index is 258. The van der Waals surface area contributed by atoms with E-state index >= 15 is 0 Å². The van der Waals surface area contributed by atoms with Gasteiger partial charge in [0.05, 0.1) is 13.7 Å². The summed E-state index contributed by atoms with van der Waals surface area (Å²) < 4.78 is 9.87. The number of hydrogen-bond donors (Lipinski definition) is 0. The zero-order chi connectivity index (χ0) is 11.3. The molecular weight excluding hydrogens is 241 g/mol. The van der Waals surface area contributed by atoms with Crippen molar-refractivity contribution in [2.75, 3.05) is 33.4 Å². The third-order valence-electron chi connectivity index (χ3n) is 2.11. The summed E-state index contributed by atoms with van der Waals surface area (Å²) >= 11 is 11.2. The highest BCUT2D eigenvalue weighted by Gasteiger charge is 2.27. The third kappa shape index (κ3) is 3.99. The smallest absolute Gasteiger partial charge is 0.336 e. The van der Waals surface area contributed by atoms with Gasteiger partial charge in [0.2, 0.25) is 0 Å². The molecule has 0 aromatic heterocycles. The topological polar surface area (TPSA) is 38.8 Å². The first-order valence-electron chi connectivity index (χ1n) is 4.54. The number of nitrogens with zero attached hydrogens (tertiary/aromatic N) is 1. The summed E-state index contributed by atoms with van der Waals surface area (Å²) in [4.78, 5) is 13.2. The van der Waals surface area contributed by atoms with Crippen LogP contribution in [0.2, 0.25) is 0 Å². The molecular formula is C9H13Cl2NO3. The van der Waals surface area contributed by atoms with Crippen LogP contribution in [0.3, 0.4) is 0 Å². The van der Waals surface area contributed by atoms with Crippen molar-refractivity contribution in [2.24, 2.45) is 0 Å². The van der Waals surface area contributed by atoms with Crippen molar-refractivity contribution in [3.8, 4) is 0 Å². The van der Waals surface area contributed by atoms with Crippen LogP contribution in [0.15, 0.2) is 10.6 Å². The van der Waals surface area contributed by atoms with Crippen molar-refractivity contribution in [3.05, 3.63) is 10.6 Å². The minimum Gasteiger partial charge on any atom is -0.467 e. The third-order valence-corrected chi connectivity index (χ3v) is 2.71. The Hall–Kier alpha value is -0.290. The fraction of sp³-hybridized carbons (Fsp3) is 0.667. The first-order chi connectivity index (χ1) is 7.17. The number of halogens is 2. The Morgan fingerprint density at radius 2 is 2.47 bits per heavy atom. The first-order valence-corrected chi connectivity index (χ1v) is 5.35. The number of carbonyl (C=O) groups is 1. The van der Waals surface area contributed by atoms with Crippen LogP contribution < -0.4 is 0 Å². The first kappa shape index (κ1) is 12.8. The van der Waals surface area contributed by atoms with E-state index in [-0.39, 0.29) is 5.97 Å². The number of rotatable bonds is 3. The van der Waals surface area contributed by atoms with Crippen LogP contribution in [0.4, 0.5) is 0 Å². The predicted octanol–water partition coefficient (Wildman–Crippen LogP) is 1.18. The normalized spacial score (nSPS) is 23.9. The summed E-state index contributed by atoms with van der Waals surface area (Å²) in [5.74, 6) is -0.356. The van der Waals surface area contributed by atoms with Crippen LogP contribution in [0.5, 0.6) is 0 Å². The van der Waals surface area contributed by atoms with Crippen molar-refractivity contribution in [1.82, 2.24) is 4.90 Å². The second-order valence-electron chi connectivity index (χ2n) is 3.17. The fourth-order valence-electron chi connectivity index (χ4n) is 1.37. The molecule has 1 heterocycles. The molecule has 0 aliphatic carbocycles. The maximum Gasteiger partial charge on any atom is 0.336 e. The summed E-state index contributed by atoms with van der Waals surface area (Å²) in [6, 6.07) is 0. The summed E-state index contributed by atoms with van der Waals surface area (Å²) in [5.41, 5.74) is 1.32. The number of methoxy groups -OCH3 is 1. The van der Waals surface area contributed by atoms with E-state index in [4.69, 9.17) is 27.9 Å². The lowest BCUT2D eigenvalue weighted by Crippen LogP contribution is -2.46. The molecule has 0 aromatic carbocycles. The lowest BCUT2D eigenvalue weighted by Gasteiger charge is -2.30. The number of ether oxygens (including phenoxy) is 2. The molecule has 0 aromatic rings. The van der Waals surface area contributed by atoms with Gasteiger partial charge in [-0.2, -0.15) is 0 Å². The van der Waals surface area contributed by atoms with E-state index in [0.29, 0.717) is 24.7 Å². The van der Waals surface area contributed by atoms with Crippen LogP contribution in [-0.2, 0) is 14.3 Å². The van der Waals surface area contributed by atoms with Crippen LogP contribution in [0, 0.1) is 0 Å². The second kappa shape index (κ2) is 6.33. The molecule has 1 unspecified atom stereocenters. The van der Waals surface area contributed by atoms with Gasteiger partial charge in [-0.25, -0.2) is 4.79 Å². The Balaban J connectivity index is 2.45. The van der Waals surface area contributed by atoms with Gasteiger partial charge >= 0.3 is 5.97 Å². The van der Waals surface area contributed by atoms with E-state index in [1.807, 2.05) is 4.90 Å². The quantitative estimate of drug-likeness (QED) is 0.709. The van der Waals surface area contributed by atoms with E-state index in [1.54, 1.807) is 0 Å². The molecule has 1 saturated heterocycles. The molecule has 1 aliphatic rings. The van der Waals surface area contributed by atoms with E-state index in [2.05, 4.69) is 4.74 Å². The molecule has 86 valence electrons. The van der Waals surface area contributed by atoms with Gasteiger partial charge in [0.25, 0.3) is 0 Å². The molecule has 0 N–H and O–H groups in total. The Labute approximate surface area is 98.7 Å². The zero-order valence-corrected chi connectivity index (χ0v) is 9.92. The van der Waals surface area contributed by atoms with Crippen molar-refractivity contribution in [2.45, 2.75) is 6.10 Å². The Kier molecular flexibility index (Phi) is 5.39. The van der Waals surface area contributed by atoms with E-state index in [9.17, 15) is 4.79 Å². The molecule has 1 fully saturated rings. The summed E-state index contributed by atoms with van der Waals surface area (Å²) in [6.45, 7) is 2.23. The molecule has 0 amide bonds. The number of carbonyl (C=O) groups excluding carboxylic acids is 1. The number of morpholine rings is 1. The molecule has 6 heteroatoms. The lowest BCUT2D eigenvalue weighted by molar-refractivity contribution is -0.159. The van der Waals surface area contributed by atoms with Crippen LogP contribution in [0.1, 0.15) is 0 Å². The van der Waals surface area contributed by atoms with Gasteiger partial charge < -0.3 is 9.47 Å². The zero-order valence-electron chi connectivity index (χ0n) is 8.41. The molecule has 1 atom stereocenters. The Morgan fingerprint density at radius 1 is 1.73 bits per heavy atom. The largest absolute Gasteiger partial charge is 0.467 e. The minimum atomic E-state index is -0.524. The van der Waals surface area contributed by atoms with Gasteiger partial charge in [0, 0.05) is 30.2 Å². The number of esters is 1. The predicted molar refractivity (Wildman–Crippen MR) is 58.0 cm³/mol. The highest BCUT2D eigenvalue weighted by Crippen LogP contribution is 2.11. The summed E-state index contributed by atoms with van der Waals surface area (Å²) in [7, 11) is 1.34. The minimum absolute atomic E-state index is 0.356. The standard InChI is InChI=1S/C9H13Cl2NO3/c1-14-9(13)8-6-12(2-3-15-8)5-7(11)4-10/h4,8H,2-3,5-6H2,1H3. The molecule has 1 aliphatic heterocycles. The van der Waals surface area contributed by atoms with Crippen molar-refractivity contribution in [1.29, 1.82) is 0 Å². The van der Waals surface area contributed by atoms with Crippen molar-refractivity contribution in [3.63, 3.8) is 0 Å². The summed E-state index contributed by atoms with van der Waals surface area (Å²) in [5, 5.41) is 0.544. The second-order valence-corrected chi connectivity index (χ2v) is 3.88. The highest BCUT2D eigenvalue weighted by molar-refractivity contribution is 6.36. The fourth-order valence-corrected chi connectivity index (χ4v) is 1.61. The SMILES string of the molecule is COC(=O)C1CN(CC(Cl)=CCl)CCO1. The van der Waals surface area contributed by atoms with Gasteiger partial charge in [0.1, 0.15) is 0 Å². The monoisotopic (exact) mass is 253 g/mol. The van der Waals surface area contributed by atoms with E-state index in [1.165, 1.54) is 12.6 Å². The van der Waals surface area contributed by atoms with Crippen molar-refractivity contribution < 1.29 is 14.3 Å². The van der Waals surface area contributed by atoms with E-state index < -0.39 is 6.10 Å². The molecule has 0 saturated carbocycles. The van der Waals surface area contributed by atoms with Gasteiger partial charge in [0.15, 0.2) is 6.10 Å². The van der Waals surface area contributed by atoms with Gasteiger partial charge in [-0.15, -0.1) is 0 Å². The molecule has 1 rings (SSSR count). The molecule has 0 radical (unpaired) electrons. The maximum absolute atomic E-state index is 11.2. The van der Waals surface area contributed by atoms with Crippen LogP contribution in [0.25, 0.3) is 0 Å². The Morgan fingerprint density at radius 3 is 3.07 bits per heavy atom. The molecule has 0 spiro atoms. The van der Waals surface area contributed by atoms with Gasteiger partial charge in [-0.05, 0) is 0 Å². The highest BCUT2D eigenvalue weighted by atomic mass is 35.5. The van der Waals surface area contributed by atoms with Crippen molar-refractivity contribution >= 4 is 29.2 Å². The molecule has 0 bridgehead atoms. The van der Waals surface area contributed by atoms with Crippen LogP contribution >= 0.6 is 23.2 Å². The molecule has 4 nitrogen and oxygen atoms in total. The van der Waals surface area contributed by atoms with E-state index in [0.717, 1.165) is 6.54 Å². The average molecular weight is 254 g/mol. The van der Waals surface area contributed by atoms with Gasteiger partial charge in [-0.3, -0.25) is 4.90 Å². The summed E-state index contributed by atoms with van der Waals surface area (Å²) in [6.07, 6.45) is -0.524. The lowest BCUT2D eigenvalue weighted by atomic mass is 10.2. The number of hydrogen-bond acceptors (Lipinski definition) is 4. The maximum atomic E-state index is 11.2. The average Bonchev–Trinajstić information content (AvgIpc) is 2.28. The van der Waals surface area contributed by atoms with Gasteiger partial charge in [-0.1, -0.05) is 23.2 Å².